The highest BCUT2D eigenvalue weighted by molar-refractivity contribution is 5.69. The minimum absolute atomic E-state index is 0.118. The van der Waals surface area contributed by atoms with E-state index in [1.54, 1.807) is 0 Å². The summed E-state index contributed by atoms with van der Waals surface area (Å²) < 4.78 is 0. The molecule has 0 radical (unpaired) electrons. The van der Waals surface area contributed by atoms with Crippen molar-refractivity contribution in [2.75, 3.05) is 0 Å². The van der Waals surface area contributed by atoms with Crippen LogP contribution < -0.4 is 0 Å². The Hall–Kier alpha value is -0.790. The van der Waals surface area contributed by atoms with Crippen molar-refractivity contribution >= 4 is 5.97 Å². The van der Waals surface area contributed by atoms with Gasteiger partial charge >= 0.3 is 5.97 Å². The normalized spacial score (nSPS) is 12.9. The van der Waals surface area contributed by atoms with Crippen molar-refractivity contribution in [3.05, 3.63) is 12.2 Å². The van der Waals surface area contributed by atoms with Crippen LogP contribution in [0, 0.1) is 5.92 Å². The Morgan fingerprint density at radius 3 is 1.95 bits per heavy atom. The average Bonchev–Trinajstić information content (AvgIpc) is 2.43. The van der Waals surface area contributed by atoms with Crippen molar-refractivity contribution in [1.29, 1.82) is 0 Å². The monoisotopic (exact) mass is 282 g/mol. The second-order valence-corrected chi connectivity index (χ2v) is 5.78. The van der Waals surface area contributed by atoms with E-state index < -0.39 is 5.97 Å². The minimum atomic E-state index is -0.607. The number of hydrogen-bond donors (Lipinski definition) is 1. The molecule has 0 saturated heterocycles. The molecule has 0 aliphatic heterocycles. The Labute approximate surface area is 125 Å². The Kier molecular flexibility index (Phi) is 14.0. The zero-order valence-electron chi connectivity index (χ0n) is 13.6. The van der Waals surface area contributed by atoms with Crippen LogP contribution in [0.2, 0.25) is 0 Å². The van der Waals surface area contributed by atoms with Gasteiger partial charge in [-0.2, -0.15) is 0 Å². The Morgan fingerprint density at radius 2 is 1.40 bits per heavy atom. The predicted octanol–water partition coefficient (Wildman–Crippen LogP) is 5.96. The van der Waals surface area contributed by atoms with Crippen LogP contribution in [0.4, 0.5) is 0 Å². The minimum Gasteiger partial charge on any atom is -0.481 e. The van der Waals surface area contributed by atoms with Crippen LogP contribution in [0.1, 0.15) is 90.9 Å². The van der Waals surface area contributed by atoms with Crippen molar-refractivity contribution in [3.8, 4) is 0 Å². The van der Waals surface area contributed by atoms with Crippen LogP contribution in [-0.2, 0) is 4.79 Å². The summed E-state index contributed by atoms with van der Waals surface area (Å²) in [7, 11) is 0. The first-order valence-corrected chi connectivity index (χ1v) is 8.60. The van der Waals surface area contributed by atoms with Crippen molar-refractivity contribution < 1.29 is 9.90 Å². The van der Waals surface area contributed by atoms with E-state index in [1.807, 2.05) is 0 Å². The summed E-state index contributed by atoms with van der Waals surface area (Å²) >= 11 is 0. The van der Waals surface area contributed by atoms with Crippen molar-refractivity contribution in [2.24, 2.45) is 5.92 Å². The summed E-state index contributed by atoms with van der Waals surface area (Å²) in [6.45, 7) is 4.35. The maximum Gasteiger partial charge on any atom is 0.306 e. The topological polar surface area (TPSA) is 37.3 Å². The van der Waals surface area contributed by atoms with Gasteiger partial charge in [0.1, 0.15) is 0 Å². The van der Waals surface area contributed by atoms with E-state index in [-0.39, 0.29) is 5.92 Å². The lowest BCUT2D eigenvalue weighted by atomic mass is 9.95. The summed E-state index contributed by atoms with van der Waals surface area (Å²) in [5.41, 5.74) is 0. The second kappa shape index (κ2) is 14.6. The SMILES string of the molecule is CCCCCCC=CCCCC[C@H](CCCC)C(=O)O. The third-order valence-electron chi connectivity index (χ3n) is 3.82. The quantitative estimate of drug-likeness (QED) is 0.315. The molecular formula is C18H34O2. The Morgan fingerprint density at radius 1 is 0.850 bits per heavy atom. The van der Waals surface area contributed by atoms with Gasteiger partial charge in [-0.25, -0.2) is 0 Å². The lowest BCUT2D eigenvalue weighted by molar-refractivity contribution is -0.142. The number of unbranched alkanes of at least 4 members (excludes halogenated alkanes) is 7. The molecule has 0 unspecified atom stereocenters. The molecule has 0 rings (SSSR count). The van der Waals surface area contributed by atoms with Crippen LogP contribution in [0.3, 0.4) is 0 Å². The Balaban J connectivity index is 3.48. The molecule has 1 atom stereocenters. The average molecular weight is 282 g/mol. The van der Waals surface area contributed by atoms with Crippen LogP contribution in [0.25, 0.3) is 0 Å². The maximum atomic E-state index is 11.1. The van der Waals surface area contributed by atoms with E-state index in [1.165, 1.54) is 32.1 Å². The van der Waals surface area contributed by atoms with Crippen LogP contribution in [0.15, 0.2) is 12.2 Å². The van der Waals surface area contributed by atoms with Gasteiger partial charge in [-0.3, -0.25) is 4.79 Å². The molecule has 1 N–H and O–H groups in total. The van der Waals surface area contributed by atoms with E-state index in [0.717, 1.165) is 44.9 Å². The van der Waals surface area contributed by atoms with Gasteiger partial charge in [0.05, 0.1) is 5.92 Å². The highest BCUT2D eigenvalue weighted by atomic mass is 16.4. The van der Waals surface area contributed by atoms with Gasteiger partial charge in [-0.1, -0.05) is 64.5 Å². The van der Waals surface area contributed by atoms with E-state index in [4.69, 9.17) is 5.11 Å². The molecule has 0 aromatic heterocycles. The molecule has 0 amide bonds. The second-order valence-electron chi connectivity index (χ2n) is 5.78. The lowest BCUT2D eigenvalue weighted by Gasteiger charge is -2.10. The summed E-state index contributed by atoms with van der Waals surface area (Å²) in [5.74, 6) is -0.724. The summed E-state index contributed by atoms with van der Waals surface area (Å²) in [6.07, 6.45) is 18.2. The number of carboxylic acids is 1. The number of allylic oxidation sites excluding steroid dienone is 2. The number of hydrogen-bond acceptors (Lipinski definition) is 1. The lowest BCUT2D eigenvalue weighted by Crippen LogP contribution is -2.13. The van der Waals surface area contributed by atoms with E-state index in [2.05, 4.69) is 26.0 Å². The molecule has 0 aromatic rings. The standard InChI is InChI=1S/C18H34O2/c1-3-5-7-8-9-10-11-12-13-14-16-17(18(19)20)15-6-4-2/h10-11,17H,3-9,12-16H2,1-2H3,(H,19,20)/t17-/m0/s1. The first-order valence-electron chi connectivity index (χ1n) is 8.60. The summed E-state index contributed by atoms with van der Waals surface area (Å²) in [5, 5.41) is 9.13. The number of aliphatic carboxylic acids is 1. The molecular weight excluding hydrogens is 248 g/mol. The van der Waals surface area contributed by atoms with Gasteiger partial charge in [0.15, 0.2) is 0 Å². The van der Waals surface area contributed by atoms with Crippen LogP contribution in [0.5, 0.6) is 0 Å². The molecule has 0 aliphatic carbocycles. The highest BCUT2D eigenvalue weighted by Crippen LogP contribution is 2.17. The largest absolute Gasteiger partial charge is 0.481 e. The molecule has 0 bridgehead atoms. The van der Waals surface area contributed by atoms with Crippen molar-refractivity contribution in [3.63, 3.8) is 0 Å². The molecule has 0 fully saturated rings. The van der Waals surface area contributed by atoms with Crippen LogP contribution >= 0.6 is 0 Å². The smallest absolute Gasteiger partial charge is 0.306 e. The number of carbonyl (C=O) groups is 1. The fourth-order valence-corrected chi connectivity index (χ4v) is 2.42. The zero-order valence-corrected chi connectivity index (χ0v) is 13.6. The maximum absolute atomic E-state index is 11.1. The molecule has 0 aliphatic rings. The molecule has 0 heterocycles. The Bertz CT molecular complexity index is 246. The highest BCUT2D eigenvalue weighted by Gasteiger charge is 2.15. The summed E-state index contributed by atoms with van der Waals surface area (Å²) in [4.78, 5) is 11.1. The van der Waals surface area contributed by atoms with Gasteiger partial charge in [0, 0.05) is 0 Å². The zero-order chi connectivity index (χ0) is 15.1. The first-order chi connectivity index (χ1) is 9.72. The molecule has 20 heavy (non-hydrogen) atoms. The molecule has 0 saturated carbocycles. The third kappa shape index (κ3) is 12.3. The molecule has 118 valence electrons. The molecule has 0 aromatic carbocycles. The van der Waals surface area contributed by atoms with Crippen LogP contribution in [-0.4, -0.2) is 11.1 Å². The number of rotatable bonds is 14. The van der Waals surface area contributed by atoms with Gasteiger partial charge in [0.2, 0.25) is 0 Å². The molecule has 2 nitrogen and oxygen atoms in total. The molecule has 2 heteroatoms. The van der Waals surface area contributed by atoms with Gasteiger partial charge in [-0.15, -0.1) is 0 Å². The summed E-state index contributed by atoms with van der Waals surface area (Å²) in [6, 6.07) is 0. The van der Waals surface area contributed by atoms with E-state index >= 15 is 0 Å². The molecule has 0 spiro atoms. The van der Waals surface area contributed by atoms with E-state index in [9.17, 15) is 4.79 Å². The van der Waals surface area contributed by atoms with Crippen molar-refractivity contribution in [1.82, 2.24) is 0 Å². The third-order valence-corrected chi connectivity index (χ3v) is 3.82. The van der Waals surface area contributed by atoms with Crippen molar-refractivity contribution in [2.45, 2.75) is 90.9 Å². The van der Waals surface area contributed by atoms with E-state index in [0.29, 0.717) is 0 Å². The van der Waals surface area contributed by atoms with Gasteiger partial charge < -0.3 is 5.11 Å². The van der Waals surface area contributed by atoms with Gasteiger partial charge in [0.25, 0.3) is 0 Å². The van der Waals surface area contributed by atoms with Gasteiger partial charge in [-0.05, 0) is 38.5 Å². The number of carboxylic acid groups (broad SMARTS) is 1. The fourth-order valence-electron chi connectivity index (χ4n) is 2.42. The fraction of sp³-hybridized carbons (Fsp3) is 0.833. The first kappa shape index (κ1) is 19.2. The predicted molar refractivity (Wildman–Crippen MR) is 87.0 cm³/mol.